The first-order chi connectivity index (χ1) is 11.1. The van der Waals surface area contributed by atoms with Crippen LogP contribution in [0.5, 0.6) is 0 Å². The third-order valence-electron chi connectivity index (χ3n) is 3.44. The molecule has 6 nitrogen and oxygen atoms in total. The van der Waals surface area contributed by atoms with Gasteiger partial charge in [-0.05, 0) is 45.7 Å². The highest BCUT2D eigenvalue weighted by Gasteiger charge is 2.19. The molecule has 0 spiro atoms. The highest BCUT2D eigenvalue weighted by molar-refractivity contribution is 5.74. The van der Waals surface area contributed by atoms with Crippen molar-refractivity contribution in [3.8, 4) is 0 Å². The Morgan fingerprint density at radius 2 is 1.88 bits per heavy atom. The molecule has 24 heavy (non-hydrogen) atoms. The van der Waals surface area contributed by atoms with Crippen molar-refractivity contribution in [2.45, 2.75) is 46.3 Å². The monoisotopic (exact) mass is 335 g/mol. The number of rotatable bonds is 5. The molecule has 1 unspecified atom stereocenters. The molecule has 0 aliphatic rings. The van der Waals surface area contributed by atoms with E-state index < -0.39 is 11.7 Å². The van der Waals surface area contributed by atoms with Crippen LogP contribution >= 0.6 is 0 Å². The minimum absolute atomic E-state index is 0.0882. The normalized spacial score (nSPS) is 12.2. The highest BCUT2D eigenvalue weighted by atomic mass is 16.6. The molecule has 0 heterocycles. The topological polar surface area (TPSA) is 70.7 Å². The first kappa shape index (κ1) is 19.8. The largest absolute Gasteiger partial charge is 0.444 e. The molecule has 0 bridgehead atoms. The maximum absolute atomic E-state index is 12.0. The predicted molar refractivity (Wildman–Crippen MR) is 95.0 cm³/mol. The van der Waals surface area contributed by atoms with E-state index in [-0.39, 0.29) is 12.1 Å². The third-order valence-corrected chi connectivity index (χ3v) is 3.44. The van der Waals surface area contributed by atoms with Gasteiger partial charge in [-0.2, -0.15) is 0 Å². The van der Waals surface area contributed by atoms with Gasteiger partial charge in [0.15, 0.2) is 0 Å². The molecule has 0 saturated heterocycles. The smallest absolute Gasteiger partial charge is 0.410 e. The van der Waals surface area contributed by atoms with Crippen molar-refractivity contribution in [2.75, 3.05) is 20.1 Å². The van der Waals surface area contributed by atoms with Crippen LogP contribution in [0.3, 0.4) is 0 Å². The van der Waals surface area contributed by atoms with Crippen LogP contribution in [-0.2, 0) is 4.74 Å². The van der Waals surface area contributed by atoms with Crippen LogP contribution in [0.15, 0.2) is 24.3 Å². The van der Waals surface area contributed by atoms with Crippen LogP contribution in [0.2, 0.25) is 0 Å². The van der Waals surface area contributed by atoms with Gasteiger partial charge in [-0.3, -0.25) is 0 Å². The number of carbonyl (C=O) groups is 2. The summed E-state index contributed by atoms with van der Waals surface area (Å²) in [4.78, 5) is 25.2. The van der Waals surface area contributed by atoms with Crippen molar-refractivity contribution < 1.29 is 14.3 Å². The minimum atomic E-state index is -0.529. The Hall–Kier alpha value is -2.24. The van der Waals surface area contributed by atoms with Gasteiger partial charge in [0.1, 0.15) is 5.60 Å². The van der Waals surface area contributed by atoms with Crippen LogP contribution in [0, 0.1) is 6.92 Å². The van der Waals surface area contributed by atoms with Crippen LogP contribution in [-0.4, -0.2) is 42.8 Å². The average Bonchev–Trinajstić information content (AvgIpc) is 2.45. The van der Waals surface area contributed by atoms with Gasteiger partial charge in [-0.25, -0.2) is 9.59 Å². The summed E-state index contributed by atoms with van der Waals surface area (Å²) in [5.41, 5.74) is 1.69. The van der Waals surface area contributed by atoms with E-state index in [1.165, 1.54) is 4.90 Å². The molecule has 0 aliphatic carbocycles. The molecular formula is C18H29N3O3. The fourth-order valence-electron chi connectivity index (χ4n) is 2.17. The molecule has 2 N–H and O–H groups in total. The Balaban J connectivity index is 2.36. The van der Waals surface area contributed by atoms with Crippen LogP contribution in [0.4, 0.5) is 9.59 Å². The summed E-state index contributed by atoms with van der Waals surface area (Å²) in [5.74, 6) is 0. The molecule has 0 aliphatic heterocycles. The fourth-order valence-corrected chi connectivity index (χ4v) is 2.17. The number of likely N-dealkylation sites (N-methyl/N-ethyl adjacent to an activating group) is 1. The summed E-state index contributed by atoms with van der Waals surface area (Å²) in [6.07, 6.45) is -0.405. The summed E-state index contributed by atoms with van der Waals surface area (Å²) < 4.78 is 5.25. The first-order valence-corrected chi connectivity index (χ1v) is 8.14. The number of amides is 3. The van der Waals surface area contributed by atoms with E-state index in [4.69, 9.17) is 4.74 Å². The van der Waals surface area contributed by atoms with Gasteiger partial charge < -0.3 is 20.3 Å². The van der Waals surface area contributed by atoms with Crippen molar-refractivity contribution in [3.05, 3.63) is 35.4 Å². The molecule has 6 heteroatoms. The second-order valence-corrected chi connectivity index (χ2v) is 6.88. The average molecular weight is 335 g/mol. The molecular weight excluding hydrogens is 306 g/mol. The van der Waals surface area contributed by atoms with Gasteiger partial charge in [-0.1, -0.05) is 24.3 Å². The number of hydrogen-bond acceptors (Lipinski definition) is 3. The van der Waals surface area contributed by atoms with Crippen molar-refractivity contribution >= 4 is 12.1 Å². The summed E-state index contributed by atoms with van der Waals surface area (Å²) >= 11 is 0. The number of aryl methyl sites for hydroxylation is 1. The molecule has 0 saturated carbocycles. The quantitative estimate of drug-likeness (QED) is 0.868. The lowest BCUT2D eigenvalue weighted by molar-refractivity contribution is 0.0301. The molecule has 0 aromatic heterocycles. The van der Waals surface area contributed by atoms with Gasteiger partial charge >= 0.3 is 12.1 Å². The van der Waals surface area contributed by atoms with Gasteiger partial charge in [0.25, 0.3) is 0 Å². The standard InChI is InChI=1S/C18H29N3O3/c1-13-9-7-8-10-15(13)14(2)20-16(22)19-11-12-21(6)17(23)24-18(3,4)5/h7-10,14H,11-12H2,1-6H3,(H2,19,20,22). The zero-order chi connectivity index (χ0) is 18.3. The molecule has 0 fully saturated rings. The molecule has 1 aromatic carbocycles. The highest BCUT2D eigenvalue weighted by Crippen LogP contribution is 2.16. The van der Waals surface area contributed by atoms with Crippen molar-refractivity contribution in [3.63, 3.8) is 0 Å². The Labute approximate surface area is 144 Å². The molecule has 1 aromatic rings. The molecule has 3 amide bonds. The zero-order valence-corrected chi connectivity index (χ0v) is 15.5. The molecule has 1 atom stereocenters. The maximum atomic E-state index is 12.0. The van der Waals surface area contributed by atoms with Crippen molar-refractivity contribution in [1.29, 1.82) is 0 Å². The van der Waals surface area contributed by atoms with E-state index in [1.807, 2.05) is 58.9 Å². The maximum Gasteiger partial charge on any atom is 0.410 e. The summed E-state index contributed by atoms with van der Waals surface area (Å²) in [5, 5.41) is 5.65. The van der Waals surface area contributed by atoms with Crippen LogP contribution in [0.1, 0.15) is 44.9 Å². The number of nitrogens with zero attached hydrogens (tertiary/aromatic N) is 1. The molecule has 134 valence electrons. The Bertz CT molecular complexity index is 567. The van der Waals surface area contributed by atoms with E-state index in [0.717, 1.165) is 11.1 Å². The first-order valence-electron chi connectivity index (χ1n) is 8.14. The Kier molecular flexibility index (Phi) is 7.07. The summed E-state index contributed by atoms with van der Waals surface area (Å²) in [6.45, 7) is 10.1. The van der Waals surface area contributed by atoms with E-state index in [9.17, 15) is 9.59 Å². The lowest BCUT2D eigenvalue weighted by Gasteiger charge is -2.24. The van der Waals surface area contributed by atoms with Gasteiger partial charge in [0.2, 0.25) is 0 Å². The predicted octanol–water partition coefficient (Wildman–Crippen LogP) is 3.22. The minimum Gasteiger partial charge on any atom is -0.444 e. The van der Waals surface area contributed by atoms with Gasteiger partial charge in [0.05, 0.1) is 6.04 Å². The second-order valence-electron chi connectivity index (χ2n) is 6.88. The van der Waals surface area contributed by atoms with E-state index >= 15 is 0 Å². The number of ether oxygens (including phenoxy) is 1. The number of hydrogen-bond donors (Lipinski definition) is 2. The van der Waals surface area contributed by atoms with E-state index in [2.05, 4.69) is 10.6 Å². The summed E-state index contributed by atoms with van der Waals surface area (Å²) in [7, 11) is 1.64. The molecule has 1 rings (SSSR count). The second kappa shape index (κ2) is 8.57. The number of benzene rings is 1. The zero-order valence-electron chi connectivity index (χ0n) is 15.5. The van der Waals surface area contributed by atoms with Crippen molar-refractivity contribution in [1.82, 2.24) is 15.5 Å². The Morgan fingerprint density at radius 3 is 2.46 bits per heavy atom. The lowest BCUT2D eigenvalue weighted by atomic mass is 10.0. The van der Waals surface area contributed by atoms with Gasteiger partial charge in [0, 0.05) is 20.1 Å². The van der Waals surface area contributed by atoms with Gasteiger partial charge in [-0.15, -0.1) is 0 Å². The fraction of sp³-hybridized carbons (Fsp3) is 0.556. The molecule has 0 radical (unpaired) electrons. The van der Waals surface area contributed by atoms with Crippen molar-refractivity contribution in [2.24, 2.45) is 0 Å². The SMILES string of the molecule is Cc1ccccc1C(C)NC(=O)NCCN(C)C(=O)OC(C)(C)C. The van der Waals surface area contributed by atoms with E-state index in [0.29, 0.717) is 13.1 Å². The van der Waals surface area contributed by atoms with Crippen LogP contribution in [0.25, 0.3) is 0 Å². The number of urea groups is 1. The third kappa shape index (κ3) is 6.89. The number of nitrogens with one attached hydrogen (secondary N) is 2. The number of carbonyl (C=O) groups excluding carboxylic acids is 2. The Morgan fingerprint density at radius 1 is 1.25 bits per heavy atom. The lowest BCUT2D eigenvalue weighted by Crippen LogP contribution is -2.42. The van der Waals surface area contributed by atoms with E-state index in [1.54, 1.807) is 7.05 Å². The van der Waals surface area contributed by atoms with Crippen LogP contribution < -0.4 is 10.6 Å². The summed E-state index contributed by atoms with van der Waals surface area (Å²) in [6, 6.07) is 7.59.